The van der Waals surface area contributed by atoms with Gasteiger partial charge in [-0.3, -0.25) is 4.90 Å². The lowest BCUT2D eigenvalue weighted by Crippen LogP contribution is -2.50. The van der Waals surface area contributed by atoms with Crippen molar-refractivity contribution < 1.29 is 5.11 Å². The quantitative estimate of drug-likeness (QED) is 0.908. The van der Waals surface area contributed by atoms with Crippen molar-refractivity contribution >= 4 is 16.9 Å². The SMILES string of the molecule is Cn1cnc2c(N3CCN(CC(C)(C)O)CC3)nccc21. The van der Waals surface area contributed by atoms with Crippen LogP contribution in [-0.4, -0.2) is 62.9 Å². The normalized spacial score (nSPS) is 17.6. The molecule has 1 N–H and O–H groups in total. The highest BCUT2D eigenvalue weighted by Gasteiger charge is 2.24. The molecule has 6 heteroatoms. The highest BCUT2D eigenvalue weighted by Crippen LogP contribution is 2.23. The van der Waals surface area contributed by atoms with Gasteiger partial charge in [-0.05, 0) is 19.9 Å². The number of β-amino-alcohol motifs (C(OH)–C–C–N with tert-alkyl or cyclic N) is 1. The van der Waals surface area contributed by atoms with Crippen molar-refractivity contribution in [3.63, 3.8) is 0 Å². The van der Waals surface area contributed by atoms with Crippen molar-refractivity contribution in [1.29, 1.82) is 0 Å². The van der Waals surface area contributed by atoms with Gasteiger partial charge in [0.25, 0.3) is 0 Å². The van der Waals surface area contributed by atoms with Crippen molar-refractivity contribution in [2.75, 3.05) is 37.6 Å². The van der Waals surface area contributed by atoms with E-state index in [1.807, 2.05) is 44.1 Å². The van der Waals surface area contributed by atoms with Gasteiger partial charge in [-0.25, -0.2) is 9.97 Å². The topological polar surface area (TPSA) is 57.4 Å². The van der Waals surface area contributed by atoms with E-state index >= 15 is 0 Å². The Labute approximate surface area is 125 Å². The van der Waals surface area contributed by atoms with Crippen LogP contribution < -0.4 is 4.90 Å². The number of hydrogen-bond acceptors (Lipinski definition) is 5. The van der Waals surface area contributed by atoms with Crippen LogP contribution in [0.15, 0.2) is 18.6 Å². The average Bonchev–Trinajstić information content (AvgIpc) is 2.80. The molecule has 0 aliphatic carbocycles. The minimum atomic E-state index is -0.637. The Morgan fingerprint density at radius 2 is 1.90 bits per heavy atom. The predicted octanol–water partition coefficient (Wildman–Crippen LogP) is 0.861. The van der Waals surface area contributed by atoms with Gasteiger partial charge >= 0.3 is 0 Å². The van der Waals surface area contributed by atoms with Crippen molar-refractivity contribution in [2.45, 2.75) is 19.4 Å². The van der Waals surface area contributed by atoms with Gasteiger partial charge in [0, 0.05) is 46.0 Å². The lowest BCUT2D eigenvalue weighted by atomic mass is 10.1. The summed E-state index contributed by atoms with van der Waals surface area (Å²) in [5, 5.41) is 9.92. The summed E-state index contributed by atoms with van der Waals surface area (Å²) in [7, 11) is 2.00. The van der Waals surface area contributed by atoms with E-state index in [9.17, 15) is 5.11 Å². The van der Waals surface area contributed by atoms with Gasteiger partial charge in [-0.2, -0.15) is 0 Å². The maximum Gasteiger partial charge on any atom is 0.156 e. The summed E-state index contributed by atoms with van der Waals surface area (Å²) in [5.74, 6) is 0.969. The van der Waals surface area contributed by atoms with Gasteiger partial charge in [0.1, 0.15) is 5.52 Å². The minimum absolute atomic E-state index is 0.637. The second kappa shape index (κ2) is 5.27. The largest absolute Gasteiger partial charge is 0.389 e. The van der Waals surface area contributed by atoms with Gasteiger partial charge in [0.15, 0.2) is 5.82 Å². The first-order valence-corrected chi connectivity index (χ1v) is 7.40. The fourth-order valence-corrected chi connectivity index (χ4v) is 2.94. The first-order valence-electron chi connectivity index (χ1n) is 7.40. The Balaban J connectivity index is 1.74. The molecule has 3 heterocycles. The van der Waals surface area contributed by atoms with Gasteiger partial charge in [0.05, 0.1) is 17.4 Å². The summed E-state index contributed by atoms with van der Waals surface area (Å²) in [5.41, 5.74) is 1.44. The molecule has 0 atom stereocenters. The van der Waals surface area contributed by atoms with Gasteiger partial charge < -0.3 is 14.6 Å². The molecular formula is C15H23N5O. The van der Waals surface area contributed by atoms with E-state index in [4.69, 9.17) is 0 Å². The Kier molecular flexibility index (Phi) is 3.59. The predicted molar refractivity (Wildman–Crippen MR) is 83.5 cm³/mol. The van der Waals surface area contributed by atoms with E-state index in [0.29, 0.717) is 6.54 Å². The third-order valence-corrected chi connectivity index (χ3v) is 3.91. The van der Waals surface area contributed by atoms with E-state index in [-0.39, 0.29) is 0 Å². The second-order valence-corrected chi connectivity index (χ2v) is 6.43. The molecule has 21 heavy (non-hydrogen) atoms. The Morgan fingerprint density at radius 3 is 2.57 bits per heavy atom. The number of aliphatic hydroxyl groups is 1. The molecule has 6 nitrogen and oxygen atoms in total. The molecule has 0 spiro atoms. The number of hydrogen-bond donors (Lipinski definition) is 1. The van der Waals surface area contributed by atoms with Crippen molar-refractivity contribution in [2.24, 2.45) is 7.05 Å². The number of fused-ring (bicyclic) bond motifs is 1. The van der Waals surface area contributed by atoms with Gasteiger partial charge in [-0.15, -0.1) is 0 Å². The molecule has 0 aromatic carbocycles. The summed E-state index contributed by atoms with van der Waals surface area (Å²) >= 11 is 0. The van der Waals surface area contributed by atoms with Crippen molar-refractivity contribution in [1.82, 2.24) is 19.4 Å². The average molecular weight is 289 g/mol. The van der Waals surface area contributed by atoms with Crippen LogP contribution in [0.25, 0.3) is 11.0 Å². The van der Waals surface area contributed by atoms with Crippen LogP contribution >= 0.6 is 0 Å². The number of piperazine rings is 1. The summed E-state index contributed by atoms with van der Waals surface area (Å²) in [4.78, 5) is 13.6. The molecule has 0 unspecified atom stereocenters. The molecule has 0 saturated carbocycles. The molecule has 2 aromatic rings. The number of anilines is 1. The van der Waals surface area contributed by atoms with E-state index in [0.717, 1.165) is 43.0 Å². The molecule has 1 aliphatic heterocycles. The third kappa shape index (κ3) is 3.01. The zero-order valence-electron chi connectivity index (χ0n) is 13.0. The minimum Gasteiger partial charge on any atom is -0.389 e. The number of imidazole rings is 1. The summed E-state index contributed by atoms with van der Waals surface area (Å²) in [6.07, 6.45) is 3.68. The number of rotatable bonds is 3. The summed E-state index contributed by atoms with van der Waals surface area (Å²) in [6.45, 7) is 8.13. The zero-order chi connectivity index (χ0) is 15.0. The standard InChI is InChI=1S/C15H23N5O/c1-15(2,21)10-19-6-8-20(9-7-19)14-13-12(4-5-16-14)18(3)11-17-13/h4-5,11,21H,6-10H2,1-3H3. The van der Waals surface area contributed by atoms with E-state index in [2.05, 4.69) is 19.8 Å². The van der Waals surface area contributed by atoms with Gasteiger partial charge in [0.2, 0.25) is 0 Å². The van der Waals surface area contributed by atoms with Crippen molar-refractivity contribution in [3.8, 4) is 0 Å². The highest BCUT2D eigenvalue weighted by atomic mass is 16.3. The van der Waals surface area contributed by atoms with E-state index in [1.165, 1.54) is 0 Å². The molecule has 1 aliphatic rings. The Bertz CT molecular complexity index is 623. The van der Waals surface area contributed by atoms with Crippen LogP contribution in [0.1, 0.15) is 13.8 Å². The number of nitrogens with zero attached hydrogens (tertiary/aromatic N) is 5. The maximum absolute atomic E-state index is 9.92. The first kappa shape index (κ1) is 14.3. The van der Waals surface area contributed by atoms with Crippen LogP contribution in [0.2, 0.25) is 0 Å². The molecule has 0 amide bonds. The van der Waals surface area contributed by atoms with Crippen LogP contribution in [0, 0.1) is 0 Å². The van der Waals surface area contributed by atoms with E-state index < -0.39 is 5.60 Å². The molecular weight excluding hydrogens is 266 g/mol. The highest BCUT2D eigenvalue weighted by molar-refractivity contribution is 5.86. The third-order valence-electron chi connectivity index (χ3n) is 3.91. The number of aromatic nitrogens is 3. The lowest BCUT2D eigenvalue weighted by Gasteiger charge is -2.37. The summed E-state index contributed by atoms with van der Waals surface area (Å²) in [6, 6.07) is 2.00. The molecule has 0 bridgehead atoms. The van der Waals surface area contributed by atoms with Crippen LogP contribution in [0.3, 0.4) is 0 Å². The lowest BCUT2D eigenvalue weighted by molar-refractivity contribution is 0.0345. The second-order valence-electron chi connectivity index (χ2n) is 6.43. The fraction of sp³-hybridized carbons (Fsp3) is 0.600. The van der Waals surface area contributed by atoms with Gasteiger partial charge in [-0.1, -0.05) is 0 Å². The number of pyridine rings is 1. The smallest absolute Gasteiger partial charge is 0.156 e. The molecule has 0 radical (unpaired) electrons. The molecule has 114 valence electrons. The fourth-order valence-electron chi connectivity index (χ4n) is 2.94. The van der Waals surface area contributed by atoms with E-state index in [1.54, 1.807) is 0 Å². The molecule has 1 fully saturated rings. The first-order chi connectivity index (χ1) is 9.94. The monoisotopic (exact) mass is 289 g/mol. The Morgan fingerprint density at radius 1 is 1.19 bits per heavy atom. The molecule has 2 aromatic heterocycles. The zero-order valence-corrected chi connectivity index (χ0v) is 13.0. The van der Waals surface area contributed by atoms with Crippen LogP contribution in [0.5, 0.6) is 0 Å². The molecule has 1 saturated heterocycles. The summed E-state index contributed by atoms with van der Waals surface area (Å²) < 4.78 is 2.02. The van der Waals surface area contributed by atoms with Crippen LogP contribution in [-0.2, 0) is 7.05 Å². The molecule has 3 rings (SSSR count). The maximum atomic E-state index is 9.92. The Hall–Kier alpha value is -1.66. The van der Waals surface area contributed by atoms with Crippen LogP contribution in [0.4, 0.5) is 5.82 Å². The number of aryl methyl sites for hydroxylation is 1. The van der Waals surface area contributed by atoms with Crippen molar-refractivity contribution in [3.05, 3.63) is 18.6 Å².